The average Bonchev–Trinajstić information content (AvgIpc) is 2.69. The Labute approximate surface area is 179 Å². The molecule has 29 heavy (non-hydrogen) atoms. The first-order valence-corrected chi connectivity index (χ1v) is 10.9. The van der Waals surface area contributed by atoms with E-state index in [1.165, 1.54) is 18.2 Å². The first-order valence-electron chi connectivity index (χ1n) is 8.67. The van der Waals surface area contributed by atoms with Gasteiger partial charge >= 0.3 is 0 Å². The molecule has 0 atom stereocenters. The first kappa shape index (κ1) is 21.2. The molecule has 0 saturated heterocycles. The molecule has 0 aliphatic rings. The molecule has 0 fully saturated rings. The molecule has 8 heteroatoms. The zero-order valence-electron chi connectivity index (χ0n) is 15.5. The van der Waals surface area contributed by atoms with Crippen molar-refractivity contribution >= 4 is 50.5 Å². The number of anilines is 2. The SMILES string of the molecule is Cc1cc(Cl)ccc1NC(=O)CN(c1cccc(Cl)c1)S(=O)(=O)c1ccccc1. The molecule has 0 aliphatic heterocycles. The Morgan fingerprint density at radius 1 is 0.931 bits per heavy atom. The summed E-state index contributed by atoms with van der Waals surface area (Å²) in [5.74, 6) is -0.491. The summed E-state index contributed by atoms with van der Waals surface area (Å²) in [4.78, 5) is 12.8. The summed E-state index contributed by atoms with van der Waals surface area (Å²) in [6.45, 7) is 1.39. The van der Waals surface area contributed by atoms with E-state index in [-0.39, 0.29) is 4.90 Å². The summed E-state index contributed by atoms with van der Waals surface area (Å²) in [6, 6.07) is 19.3. The van der Waals surface area contributed by atoms with Gasteiger partial charge in [0.2, 0.25) is 5.91 Å². The van der Waals surface area contributed by atoms with Crippen LogP contribution in [0.4, 0.5) is 11.4 Å². The number of rotatable bonds is 6. The lowest BCUT2D eigenvalue weighted by Crippen LogP contribution is -2.38. The van der Waals surface area contributed by atoms with Gasteiger partial charge < -0.3 is 5.32 Å². The fourth-order valence-corrected chi connectivity index (χ4v) is 4.60. The largest absolute Gasteiger partial charge is 0.324 e. The van der Waals surface area contributed by atoms with Crippen molar-refractivity contribution in [2.45, 2.75) is 11.8 Å². The fraction of sp³-hybridized carbons (Fsp3) is 0.0952. The number of nitrogens with one attached hydrogen (secondary N) is 1. The summed E-state index contributed by atoms with van der Waals surface area (Å²) in [5, 5.41) is 3.65. The van der Waals surface area contributed by atoms with Crippen LogP contribution in [0.3, 0.4) is 0 Å². The number of hydrogen-bond donors (Lipinski definition) is 1. The van der Waals surface area contributed by atoms with Gasteiger partial charge in [-0.2, -0.15) is 0 Å². The van der Waals surface area contributed by atoms with Crippen molar-refractivity contribution in [3.63, 3.8) is 0 Å². The smallest absolute Gasteiger partial charge is 0.264 e. The number of benzene rings is 3. The molecule has 0 radical (unpaired) electrons. The number of carbonyl (C=O) groups excluding carboxylic acids is 1. The third kappa shape index (κ3) is 5.09. The van der Waals surface area contributed by atoms with Gasteiger partial charge in [0.25, 0.3) is 10.0 Å². The van der Waals surface area contributed by atoms with Crippen molar-refractivity contribution in [3.05, 3.63) is 88.4 Å². The van der Waals surface area contributed by atoms with Crippen LogP contribution in [-0.2, 0) is 14.8 Å². The van der Waals surface area contributed by atoms with Gasteiger partial charge in [-0.15, -0.1) is 0 Å². The summed E-state index contributed by atoms with van der Waals surface area (Å²) in [7, 11) is -3.98. The van der Waals surface area contributed by atoms with Crippen molar-refractivity contribution in [3.8, 4) is 0 Å². The van der Waals surface area contributed by atoms with E-state index in [2.05, 4.69) is 5.32 Å². The summed E-state index contributed by atoms with van der Waals surface area (Å²) in [5.41, 5.74) is 1.62. The van der Waals surface area contributed by atoms with E-state index in [4.69, 9.17) is 23.2 Å². The Morgan fingerprint density at radius 3 is 2.28 bits per heavy atom. The standard InChI is InChI=1S/C21H18Cl2N2O3S/c1-15-12-17(23)10-11-20(15)24-21(26)14-25(18-7-5-6-16(22)13-18)29(27,28)19-8-3-2-4-9-19/h2-13H,14H2,1H3,(H,24,26). The lowest BCUT2D eigenvalue weighted by molar-refractivity contribution is -0.114. The number of amides is 1. The van der Waals surface area contributed by atoms with Gasteiger partial charge in [-0.1, -0.05) is 47.5 Å². The predicted octanol–water partition coefficient (Wildman–Crippen LogP) is 5.14. The van der Waals surface area contributed by atoms with Gasteiger partial charge in [-0.25, -0.2) is 8.42 Å². The van der Waals surface area contributed by atoms with E-state index in [1.54, 1.807) is 61.5 Å². The number of halogens is 2. The van der Waals surface area contributed by atoms with Gasteiger partial charge in [0.1, 0.15) is 6.54 Å². The van der Waals surface area contributed by atoms with Crippen LogP contribution in [-0.4, -0.2) is 20.9 Å². The highest BCUT2D eigenvalue weighted by atomic mass is 35.5. The van der Waals surface area contributed by atoms with Crippen LogP contribution in [0.5, 0.6) is 0 Å². The minimum absolute atomic E-state index is 0.0791. The summed E-state index contributed by atoms with van der Waals surface area (Å²) < 4.78 is 27.5. The molecule has 0 saturated carbocycles. The highest BCUT2D eigenvalue weighted by molar-refractivity contribution is 7.92. The van der Waals surface area contributed by atoms with Gasteiger partial charge in [0.15, 0.2) is 0 Å². The minimum Gasteiger partial charge on any atom is -0.324 e. The fourth-order valence-electron chi connectivity index (χ4n) is 2.75. The van der Waals surface area contributed by atoms with Crippen LogP contribution in [0.15, 0.2) is 77.7 Å². The summed E-state index contributed by atoms with van der Waals surface area (Å²) >= 11 is 12.0. The molecular formula is C21H18Cl2N2O3S. The van der Waals surface area contributed by atoms with Crippen LogP contribution in [0.25, 0.3) is 0 Å². The van der Waals surface area contributed by atoms with Gasteiger partial charge in [0, 0.05) is 15.7 Å². The zero-order valence-corrected chi connectivity index (χ0v) is 17.8. The third-order valence-electron chi connectivity index (χ3n) is 4.18. The molecule has 1 N–H and O–H groups in total. The molecule has 3 aromatic carbocycles. The Morgan fingerprint density at radius 2 is 1.62 bits per heavy atom. The molecule has 0 heterocycles. The molecule has 0 unspecified atom stereocenters. The molecule has 1 amide bonds. The number of nitrogens with zero attached hydrogens (tertiary/aromatic N) is 1. The second-order valence-electron chi connectivity index (χ2n) is 6.31. The van der Waals surface area contributed by atoms with E-state index in [0.29, 0.717) is 21.4 Å². The van der Waals surface area contributed by atoms with E-state index in [9.17, 15) is 13.2 Å². The molecular weight excluding hydrogens is 431 g/mol. The first-order chi connectivity index (χ1) is 13.8. The average molecular weight is 449 g/mol. The normalized spacial score (nSPS) is 11.1. The van der Waals surface area contributed by atoms with Crippen molar-refractivity contribution in [1.82, 2.24) is 0 Å². The van der Waals surface area contributed by atoms with Gasteiger partial charge in [-0.3, -0.25) is 9.10 Å². The Hall–Kier alpha value is -2.54. The third-order valence-corrected chi connectivity index (χ3v) is 6.44. The number of aryl methyl sites for hydroxylation is 1. The molecule has 0 aliphatic carbocycles. The van der Waals surface area contributed by atoms with E-state index < -0.39 is 22.5 Å². The zero-order chi connectivity index (χ0) is 21.0. The van der Waals surface area contributed by atoms with Crippen LogP contribution >= 0.6 is 23.2 Å². The van der Waals surface area contributed by atoms with Gasteiger partial charge in [-0.05, 0) is 61.0 Å². The highest BCUT2D eigenvalue weighted by Crippen LogP contribution is 2.26. The van der Waals surface area contributed by atoms with Crippen LogP contribution in [0, 0.1) is 6.92 Å². The second kappa shape index (κ2) is 8.86. The molecule has 0 aromatic heterocycles. The molecule has 0 bridgehead atoms. The highest BCUT2D eigenvalue weighted by Gasteiger charge is 2.27. The predicted molar refractivity (Wildman–Crippen MR) is 117 cm³/mol. The lowest BCUT2D eigenvalue weighted by atomic mass is 10.2. The Kier molecular flexibility index (Phi) is 6.47. The maximum absolute atomic E-state index is 13.2. The van der Waals surface area contributed by atoms with Crippen molar-refractivity contribution in [2.75, 3.05) is 16.2 Å². The van der Waals surface area contributed by atoms with Crippen molar-refractivity contribution < 1.29 is 13.2 Å². The minimum atomic E-state index is -3.98. The van der Waals surface area contributed by atoms with E-state index in [1.807, 2.05) is 0 Å². The molecule has 5 nitrogen and oxygen atoms in total. The molecule has 0 spiro atoms. The maximum Gasteiger partial charge on any atom is 0.264 e. The van der Waals surface area contributed by atoms with Crippen molar-refractivity contribution in [1.29, 1.82) is 0 Å². The topological polar surface area (TPSA) is 66.5 Å². The Balaban J connectivity index is 1.94. The summed E-state index contributed by atoms with van der Waals surface area (Å²) in [6.07, 6.45) is 0. The monoisotopic (exact) mass is 448 g/mol. The second-order valence-corrected chi connectivity index (χ2v) is 9.05. The van der Waals surface area contributed by atoms with E-state index >= 15 is 0 Å². The molecule has 3 aromatic rings. The molecule has 150 valence electrons. The lowest BCUT2D eigenvalue weighted by Gasteiger charge is -2.24. The quantitative estimate of drug-likeness (QED) is 0.567. The maximum atomic E-state index is 13.2. The number of sulfonamides is 1. The van der Waals surface area contributed by atoms with E-state index in [0.717, 1.165) is 9.87 Å². The van der Waals surface area contributed by atoms with Crippen molar-refractivity contribution in [2.24, 2.45) is 0 Å². The van der Waals surface area contributed by atoms with Crippen LogP contribution in [0.1, 0.15) is 5.56 Å². The number of hydrogen-bond acceptors (Lipinski definition) is 3. The number of carbonyl (C=O) groups is 1. The van der Waals surface area contributed by atoms with Crippen LogP contribution in [0.2, 0.25) is 10.0 Å². The Bertz CT molecular complexity index is 1140. The van der Waals surface area contributed by atoms with Crippen LogP contribution < -0.4 is 9.62 Å². The van der Waals surface area contributed by atoms with Gasteiger partial charge in [0.05, 0.1) is 10.6 Å². The molecule has 3 rings (SSSR count).